The van der Waals surface area contributed by atoms with Crippen LogP contribution in [0.4, 0.5) is 5.82 Å². The molecule has 8 heteroatoms. The van der Waals surface area contributed by atoms with Crippen LogP contribution in [0.3, 0.4) is 0 Å². The number of halogens is 1. The molecule has 1 atom stereocenters. The highest BCUT2D eigenvalue weighted by Gasteiger charge is 2.33. The second-order valence-corrected chi connectivity index (χ2v) is 6.53. The van der Waals surface area contributed by atoms with Gasteiger partial charge >= 0.3 is 0 Å². The van der Waals surface area contributed by atoms with E-state index in [0.717, 1.165) is 11.3 Å². The minimum absolute atomic E-state index is 0.294. The normalized spacial score (nSPS) is 17.5. The Labute approximate surface area is 155 Å². The zero-order valence-corrected chi connectivity index (χ0v) is 15.5. The molecule has 1 aromatic carbocycles. The molecule has 1 amide bonds. The number of thiocarbonyl (C=S) groups is 1. The maximum Gasteiger partial charge on any atom is 0.257 e. The van der Waals surface area contributed by atoms with E-state index in [-0.39, 0.29) is 5.91 Å². The molecule has 0 saturated carbocycles. The summed E-state index contributed by atoms with van der Waals surface area (Å²) >= 11 is 11.7. The van der Waals surface area contributed by atoms with Crippen LogP contribution in [0.2, 0.25) is 5.02 Å². The van der Waals surface area contributed by atoms with Gasteiger partial charge in [-0.25, -0.2) is 0 Å². The third kappa shape index (κ3) is 3.38. The zero-order chi connectivity index (χ0) is 18.1. The lowest BCUT2D eigenvalue weighted by Crippen LogP contribution is -2.46. The van der Waals surface area contributed by atoms with E-state index in [2.05, 4.69) is 15.8 Å². The van der Waals surface area contributed by atoms with E-state index in [4.69, 9.17) is 28.3 Å². The molecule has 25 heavy (non-hydrogen) atoms. The first kappa shape index (κ1) is 17.4. The molecule has 2 aromatic rings. The van der Waals surface area contributed by atoms with Gasteiger partial charge < -0.3 is 20.1 Å². The summed E-state index contributed by atoms with van der Waals surface area (Å²) in [6, 6.07) is 8.57. The topological polar surface area (TPSA) is 70.4 Å². The van der Waals surface area contributed by atoms with Gasteiger partial charge in [-0.3, -0.25) is 4.79 Å². The van der Waals surface area contributed by atoms with Gasteiger partial charge in [0, 0.05) is 23.8 Å². The fourth-order valence-corrected chi connectivity index (χ4v) is 3.18. The minimum Gasteiger partial charge on any atom is -0.360 e. The van der Waals surface area contributed by atoms with Crippen molar-refractivity contribution in [2.45, 2.75) is 19.9 Å². The lowest BCUT2D eigenvalue weighted by Gasteiger charge is -2.36. The Morgan fingerprint density at radius 3 is 2.76 bits per heavy atom. The third-order valence-electron chi connectivity index (χ3n) is 4.08. The Morgan fingerprint density at radius 2 is 2.12 bits per heavy atom. The molecular weight excluding hydrogens is 360 g/mol. The van der Waals surface area contributed by atoms with Crippen LogP contribution in [0.25, 0.3) is 0 Å². The van der Waals surface area contributed by atoms with Crippen molar-refractivity contribution in [1.29, 1.82) is 0 Å². The average Bonchev–Trinajstić information content (AvgIpc) is 2.97. The van der Waals surface area contributed by atoms with Crippen molar-refractivity contribution in [2.75, 3.05) is 12.4 Å². The van der Waals surface area contributed by atoms with Gasteiger partial charge in [0.1, 0.15) is 5.76 Å². The molecule has 1 aliphatic heterocycles. The van der Waals surface area contributed by atoms with Gasteiger partial charge in [-0.2, -0.15) is 0 Å². The molecule has 0 fully saturated rings. The number of carbonyl (C=O) groups is 1. The SMILES string of the molecule is CC1=C(C(=O)Nc2cc(C)on2)[C@@H](c2ccccc2Cl)NC(=S)N1C. The van der Waals surface area contributed by atoms with Crippen LogP contribution in [0.5, 0.6) is 0 Å². The van der Waals surface area contributed by atoms with E-state index in [1.165, 1.54) is 0 Å². The van der Waals surface area contributed by atoms with E-state index in [1.54, 1.807) is 31.0 Å². The van der Waals surface area contributed by atoms with Crippen LogP contribution >= 0.6 is 23.8 Å². The number of anilines is 1. The molecule has 0 radical (unpaired) electrons. The Bertz CT molecular complexity index is 877. The van der Waals surface area contributed by atoms with Crippen LogP contribution in [-0.2, 0) is 4.79 Å². The van der Waals surface area contributed by atoms with Crippen LogP contribution < -0.4 is 10.6 Å². The maximum atomic E-state index is 12.9. The predicted octanol–water partition coefficient (Wildman–Crippen LogP) is 3.41. The highest BCUT2D eigenvalue weighted by molar-refractivity contribution is 7.80. The first-order chi connectivity index (χ1) is 11.9. The third-order valence-corrected chi connectivity index (χ3v) is 4.82. The highest BCUT2D eigenvalue weighted by Crippen LogP contribution is 2.34. The monoisotopic (exact) mass is 376 g/mol. The standard InChI is InChI=1S/C17H17ClN4O2S/c1-9-8-13(21-24-9)19-16(23)14-10(2)22(3)17(25)20-15(14)11-6-4-5-7-12(11)18/h4-8,15H,1-3H3,(H,20,25)(H,19,21,23)/t15-/m1/s1. The molecule has 0 bridgehead atoms. The molecule has 2 heterocycles. The number of allylic oxidation sites excluding steroid dienone is 1. The Balaban J connectivity index is 2.02. The summed E-state index contributed by atoms with van der Waals surface area (Å²) in [5.74, 6) is 0.679. The van der Waals surface area contributed by atoms with Crippen molar-refractivity contribution in [2.24, 2.45) is 0 Å². The molecule has 2 N–H and O–H groups in total. The summed E-state index contributed by atoms with van der Waals surface area (Å²) in [4.78, 5) is 14.7. The maximum absolute atomic E-state index is 12.9. The lowest BCUT2D eigenvalue weighted by molar-refractivity contribution is -0.113. The number of amides is 1. The molecule has 0 spiro atoms. The molecule has 3 rings (SSSR count). The van der Waals surface area contributed by atoms with Crippen LogP contribution in [0.1, 0.15) is 24.3 Å². The Kier molecular flexibility index (Phi) is 4.78. The Morgan fingerprint density at radius 1 is 1.40 bits per heavy atom. The summed E-state index contributed by atoms with van der Waals surface area (Å²) in [6.07, 6.45) is 0. The van der Waals surface area contributed by atoms with Gasteiger partial charge in [0.15, 0.2) is 10.9 Å². The van der Waals surface area contributed by atoms with Crippen molar-refractivity contribution < 1.29 is 9.32 Å². The van der Waals surface area contributed by atoms with Gasteiger partial charge in [-0.1, -0.05) is 35.0 Å². The van der Waals surface area contributed by atoms with Crippen molar-refractivity contribution in [3.63, 3.8) is 0 Å². The van der Waals surface area contributed by atoms with Crippen molar-refractivity contribution >= 4 is 40.7 Å². The smallest absolute Gasteiger partial charge is 0.257 e. The summed E-state index contributed by atoms with van der Waals surface area (Å²) in [5.41, 5.74) is 2.04. The van der Waals surface area contributed by atoms with Crippen LogP contribution in [0.15, 0.2) is 46.1 Å². The van der Waals surface area contributed by atoms with Gasteiger partial charge in [-0.05, 0) is 37.7 Å². The summed E-state index contributed by atoms with van der Waals surface area (Å²) < 4.78 is 5.00. The molecule has 0 saturated heterocycles. The van der Waals surface area contributed by atoms with E-state index >= 15 is 0 Å². The van der Waals surface area contributed by atoms with Gasteiger partial charge in [0.25, 0.3) is 5.91 Å². The largest absolute Gasteiger partial charge is 0.360 e. The van der Waals surface area contributed by atoms with Gasteiger partial charge in [0.2, 0.25) is 0 Å². The number of hydrogen-bond donors (Lipinski definition) is 2. The quantitative estimate of drug-likeness (QED) is 0.800. The van der Waals surface area contributed by atoms with Gasteiger partial charge in [0.05, 0.1) is 11.6 Å². The van der Waals surface area contributed by atoms with E-state index in [0.29, 0.717) is 27.3 Å². The molecule has 0 aliphatic carbocycles. The number of benzene rings is 1. The molecule has 130 valence electrons. The van der Waals surface area contributed by atoms with E-state index in [1.807, 2.05) is 25.1 Å². The fraction of sp³-hybridized carbons (Fsp3) is 0.235. The summed E-state index contributed by atoms with van der Waals surface area (Å²) in [7, 11) is 1.81. The minimum atomic E-state index is -0.453. The number of aromatic nitrogens is 1. The predicted molar refractivity (Wildman–Crippen MR) is 100 cm³/mol. The van der Waals surface area contributed by atoms with Crippen molar-refractivity contribution in [3.05, 3.63) is 57.9 Å². The number of hydrogen-bond acceptors (Lipinski definition) is 4. The first-order valence-corrected chi connectivity index (χ1v) is 8.41. The lowest BCUT2D eigenvalue weighted by atomic mass is 9.94. The molecule has 0 unspecified atom stereocenters. The number of carbonyl (C=O) groups excluding carboxylic acids is 1. The second-order valence-electron chi connectivity index (χ2n) is 5.74. The number of rotatable bonds is 3. The summed E-state index contributed by atoms with van der Waals surface area (Å²) in [6.45, 7) is 3.61. The highest BCUT2D eigenvalue weighted by atomic mass is 35.5. The van der Waals surface area contributed by atoms with Crippen molar-refractivity contribution in [3.8, 4) is 0 Å². The van der Waals surface area contributed by atoms with Crippen LogP contribution in [-0.4, -0.2) is 28.1 Å². The summed E-state index contributed by atoms with van der Waals surface area (Å²) in [5, 5.41) is 10.8. The first-order valence-electron chi connectivity index (χ1n) is 7.62. The van der Waals surface area contributed by atoms with Gasteiger partial charge in [-0.15, -0.1) is 0 Å². The molecule has 1 aromatic heterocycles. The van der Waals surface area contributed by atoms with Crippen LogP contribution in [0, 0.1) is 6.92 Å². The van der Waals surface area contributed by atoms with Crippen molar-refractivity contribution in [1.82, 2.24) is 15.4 Å². The number of nitrogens with one attached hydrogen (secondary N) is 2. The molecule has 1 aliphatic rings. The number of nitrogens with zero attached hydrogens (tertiary/aromatic N) is 2. The Hall–Kier alpha value is -2.38. The zero-order valence-electron chi connectivity index (χ0n) is 14.0. The van der Waals surface area contributed by atoms with E-state index < -0.39 is 6.04 Å². The average molecular weight is 377 g/mol. The molecular formula is C17H17ClN4O2S. The fourth-order valence-electron chi connectivity index (χ4n) is 2.68. The number of aryl methyl sites for hydroxylation is 1. The second kappa shape index (κ2) is 6.85. The van der Waals surface area contributed by atoms with E-state index in [9.17, 15) is 4.79 Å². The molecule has 6 nitrogen and oxygen atoms in total.